The summed E-state index contributed by atoms with van der Waals surface area (Å²) in [6, 6.07) is 8.03. The Morgan fingerprint density at radius 3 is 2.41 bits per heavy atom. The lowest BCUT2D eigenvalue weighted by molar-refractivity contribution is 0.0996. The molecule has 162 valence electrons. The maximum Gasteiger partial charge on any atom is 0.260 e. The third kappa shape index (κ3) is 3.66. The molecule has 0 spiro atoms. The van der Waals surface area contributed by atoms with Gasteiger partial charge in [0.25, 0.3) is 5.91 Å². The molecule has 2 saturated carbocycles. The number of hydrogen-bond donors (Lipinski definition) is 2. The number of anilines is 3. The predicted molar refractivity (Wildman–Crippen MR) is 122 cm³/mol. The molecule has 2 fully saturated rings. The van der Waals surface area contributed by atoms with Crippen molar-refractivity contribution in [2.75, 3.05) is 15.5 Å². The molecule has 3 aromatic rings. The highest BCUT2D eigenvalue weighted by Gasteiger charge is 2.32. The van der Waals surface area contributed by atoms with Gasteiger partial charge in [0.2, 0.25) is 5.95 Å². The van der Waals surface area contributed by atoms with Gasteiger partial charge in [-0.3, -0.25) is 14.7 Å². The monoisotopic (exact) mass is 427 g/mol. The number of nitrogens with zero attached hydrogens (tertiary/aromatic N) is 5. The molecular weight excluding hydrogens is 402 g/mol. The fourth-order valence-corrected chi connectivity index (χ4v) is 4.71. The van der Waals surface area contributed by atoms with E-state index in [1.165, 1.54) is 18.4 Å². The molecule has 1 aliphatic heterocycles. The van der Waals surface area contributed by atoms with Gasteiger partial charge in [0, 0.05) is 36.9 Å². The van der Waals surface area contributed by atoms with Gasteiger partial charge in [-0.15, -0.1) is 0 Å². The van der Waals surface area contributed by atoms with Crippen LogP contribution in [0.15, 0.2) is 49.1 Å². The zero-order chi connectivity index (χ0) is 21.5. The van der Waals surface area contributed by atoms with E-state index in [1.807, 2.05) is 30.6 Å². The molecule has 0 bridgehead atoms. The smallest absolute Gasteiger partial charge is 0.260 e. The Labute approximate surface area is 186 Å². The van der Waals surface area contributed by atoms with Crippen molar-refractivity contribution in [3.8, 4) is 0 Å². The van der Waals surface area contributed by atoms with Gasteiger partial charge in [-0.05, 0) is 67.9 Å². The summed E-state index contributed by atoms with van der Waals surface area (Å²) in [5, 5.41) is 7.05. The highest BCUT2D eigenvalue weighted by molar-refractivity contribution is 6.10. The third-order valence-electron chi connectivity index (χ3n) is 6.58. The molecule has 8 heteroatoms. The molecule has 2 atom stereocenters. The molecule has 0 aromatic carbocycles. The number of pyridine rings is 2. The van der Waals surface area contributed by atoms with E-state index in [4.69, 9.17) is 0 Å². The average molecular weight is 428 g/mol. The Kier molecular flexibility index (Phi) is 4.70. The van der Waals surface area contributed by atoms with Crippen LogP contribution in [-0.2, 0) is 6.54 Å². The fourth-order valence-electron chi connectivity index (χ4n) is 4.71. The average Bonchev–Trinajstić information content (AvgIpc) is 3.50. The van der Waals surface area contributed by atoms with Crippen LogP contribution in [0.5, 0.6) is 0 Å². The van der Waals surface area contributed by atoms with Gasteiger partial charge < -0.3 is 10.6 Å². The molecule has 2 N–H and O–H groups in total. The molecule has 0 unspecified atom stereocenters. The van der Waals surface area contributed by atoms with Crippen LogP contribution in [0.3, 0.4) is 0 Å². The molecular formula is C24H25N7O. The normalized spacial score (nSPS) is 22.1. The summed E-state index contributed by atoms with van der Waals surface area (Å²) in [5.74, 6) is 2.08. The van der Waals surface area contributed by atoms with E-state index in [9.17, 15) is 4.79 Å². The summed E-state index contributed by atoms with van der Waals surface area (Å²) in [6.45, 7) is 0.471. The number of aromatic nitrogens is 4. The van der Waals surface area contributed by atoms with Crippen LogP contribution in [0.25, 0.3) is 0 Å². The lowest BCUT2D eigenvalue weighted by Crippen LogP contribution is -2.27. The highest BCUT2D eigenvalue weighted by atomic mass is 16.2. The number of carbonyl (C=O) groups is 1. The van der Waals surface area contributed by atoms with E-state index < -0.39 is 0 Å². The van der Waals surface area contributed by atoms with Crippen molar-refractivity contribution in [3.05, 3.63) is 65.9 Å². The minimum Gasteiger partial charge on any atom is -0.366 e. The van der Waals surface area contributed by atoms with Gasteiger partial charge in [0.15, 0.2) is 0 Å². The standard InChI is InChI=1S/C24H25N7O/c32-23-19-3-1-9-25-20(19)14-31(23)21-4-2-10-26-22(21)29-17-7-8-18(11-17)30-24-27-12-16(13-28-24)15-5-6-15/h1-4,9-10,12-13,15,17-18H,5-8,11,14H2,(H,26,29)(H,27,28,30)/t17-,18-/m0/s1. The van der Waals surface area contributed by atoms with Crippen LogP contribution in [0, 0.1) is 0 Å². The van der Waals surface area contributed by atoms with E-state index in [0.29, 0.717) is 30.0 Å². The van der Waals surface area contributed by atoms with Crippen LogP contribution in [0.2, 0.25) is 0 Å². The fraction of sp³-hybridized carbons (Fsp3) is 0.375. The van der Waals surface area contributed by atoms with Crippen LogP contribution in [0.4, 0.5) is 17.5 Å². The lowest BCUT2D eigenvalue weighted by atomic mass is 10.2. The molecule has 1 amide bonds. The lowest BCUT2D eigenvalue weighted by Gasteiger charge is -2.22. The second-order valence-electron chi connectivity index (χ2n) is 8.87. The molecule has 6 rings (SSSR count). The number of hydrogen-bond acceptors (Lipinski definition) is 7. The summed E-state index contributed by atoms with van der Waals surface area (Å²) < 4.78 is 0. The van der Waals surface area contributed by atoms with Crippen molar-refractivity contribution >= 4 is 23.4 Å². The van der Waals surface area contributed by atoms with Crippen LogP contribution in [-0.4, -0.2) is 37.9 Å². The van der Waals surface area contributed by atoms with Gasteiger partial charge in [0.05, 0.1) is 23.5 Å². The molecule has 32 heavy (non-hydrogen) atoms. The van der Waals surface area contributed by atoms with Gasteiger partial charge >= 0.3 is 0 Å². The minimum atomic E-state index is -0.0260. The third-order valence-corrected chi connectivity index (χ3v) is 6.58. The van der Waals surface area contributed by atoms with Crippen LogP contribution in [0.1, 0.15) is 59.6 Å². The van der Waals surface area contributed by atoms with E-state index >= 15 is 0 Å². The van der Waals surface area contributed by atoms with Crippen molar-refractivity contribution in [2.24, 2.45) is 0 Å². The Balaban J connectivity index is 1.12. The molecule has 0 radical (unpaired) electrons. The molecule has 8 nitrogen and oxygen atoms in total. The first kappa shape index (κ1) is 19.2. The van der Waals surface area contributed by atoms with E-state index in [0.717, 1.165) is 36.5 Å². The zero-order valence-electron chi connectivity index (χ0n) is 17.7. The number of amides is 1. The van der Waals surface area contributed by atoms with Gasteiger partial charge in [0.1, 0.15) is 5.82 Å². The summed E-state index contributed by atoms with van der Waals surface area (Å²) in [7, 11) is 0. The van der Waals surface area contributed by atoms with Crippen molar-refractivity contribution in [1.29, 1.82) is 0 Å². The van der Waals surface area contributed by atoms with Gasteiger partial charge in [-0.1, -0.05) is 0 Å². The first-order chi connectivity index (χ1) is 15.7. The number of rotatable bonds is 6. The van der Waals surface area contributed by atoms with E-state index in [2.05, 4.69) is 30.6 Å². The van der Waals surface area contributed by atoms with Crippen molar-refractivity contribution in [1.82, 2.24) is 19.9 Å². The van der Waals surface area contributed by atoms with Gasteiger partial charge in [-0.25, -0.2) is 15.0 Å². The topological polar surface area (TPSA) is 95.9 Å². The quantitative estimate of drug-likeness (QED) is 0.618. The van der Waals surface area contributed by atoms with E-state index in [1.54, 1.807) is 23.4 Å². The van der Waals surface area contributed by atoms with Crippen molar-refractivity contribution in [2.45, 2.75) is 56.7 Å². The van der Waals surface area contributed by atoms with Gasteiger partial charge in [-0.2, -0.15) is 0 Å². The largest absolute Gasteiger partial charge is 0.366 e. The maximum absolute atomic E-state index is 12.9. The summed E-state index contributed by atoms with van der Waals surface area (Å²) in [5.41, 5.74) is 3.52. The Morgan fingerprint density at radius 2 is 1.62 bits per heavy atom. The predicted octanol–water partition coefficient (Wildman–Crippen LogP) is 3.75. The second kappa shape index (κ2) is 7.85. The summed E-state index contributed by atoms with van der Waals surface area (Å²) in [6.07, 6.45) is 12.9. The number of carbonyl (C=O) groups excluding carboxylic acids is 1. The Bertz CT molecular complexity index is 1150. The van der Waals surface area contributed by atoms with Crippen LogP contribution < -0.4 is 15.5 Å². The molecule has 3 aromatic heterocycles. The first-order valence-electron chi connectivity index (χ1n) is 11.3. The first-order valence-corrected chi connectivity index (χ1v) is 11.3. The molecule has 3 aliphatic rings. The summed E-state index contributed by atoms with van der Waals surface area (Å²) in [4.78, 5) is 32.6. The van der Waals surface area contributed by atoms with Crippen LogP contribution >= 0.6 is 0 Å². The van der Waals surface area contributed by atoms with Crippen molar-refractivity contribution in [3.63, 3.8) is 0 Å². The summed E-state index contributed by atoms with van der Waals surface area (Å²) >= 11 is 0. The molecule has 0 saturated heterocycles. The van der Waals surface area contributed by atoms with Crippen molar-refractivity contribution < 1.29 is 4.79 Å². The maximum atomic E-state index is 12.9. The second-order valence-corrected chi connectivity index (χ2v) is 8.87. The van der Waals surface area contributed by atoms with E-state index in [-0.39, 0.29) is 11.9 Å². The molecule has 2 aliphatic carbocycles. The molecule has 4 heterocycles. The number of fused-ring (bicyclic) bond motifs is 1. The zero-order valence-corrected chi connectivity index (χ0v) is 17.7. The minimum absolute atomic E-state index is 0.0260. The highest BCUT2D eigenvalue weighted by Crippen LogP contribution is 2.39. The number of nitrogens with one attached hydrogen (secondary N) is 2. The SMILES string of the molecule is O=C1c2cccnc2CN1c1cccnc1N[C@H]1CC[C@H](Nc2ncc(C3CC3)cn2)C1. The Morgan fingerprint density at radius 1 is 0.875 bits per heavy atom. The Hall–Kier alpha value is -3.55.